The topological polar surface area (TPSA) is 24.9 Å². The van der Waals surface area contributed by atoms with Crippen LogP contribution in [0.15, 0.2) is 48.7 Å². The molecule has 0 spiro atoms. The Morgan fingerprint density at radius 1 is 1.19 bits per heavy atom. The van der Waals surface area contributed by atoms with Crippen LogP contribution in [0.2, 0.25) is 5.02 Å². The molecule has 3 aromatic rings. The standard InChI is InChI=1S/C17H14ClFN2/c1-11-4-7-16(13-3-2-8-20-17(11)13)21-10-12-5-6-14(18)15(19)9-12/h2-9,21H,10H2,1H3. The Labute approximate surface area is 127 Å². The molecule has 0 unspecified atom stereocenters. The quantitative estimate of drug-likeness (QED) is 0.740. The molecule has 2 nitrogen and oxygen atoms in total. The maximum atomic E-state index is 13.4. The van der Waals surface area contributed by atoms with Crippen molar-refractivity contribution in [2.45, 2.75) is 13.5 Å². The van der Waals surface area contributed by atoms with E-state index in [1.807, 2.05) is 37.3 Å². The molecule has 0 bridgehead atoms. The molecule has 1 aromatic heterocycles. The van der Waals surface area contributed by atoms with Crippen molar-refractivity contribution in [3.8, 4) is 0 Å². The van der Waals surface area contributed by atoms with Gasteiger partial charge in [0.25, 0.3) is 0 Å². The highest BCUT2D eigenvalue weighted by Gasteiger charge is 2.05. The van der Waals surface area contributed by atoms with Crippen LogP contribution in [0.25, 0.3) is 10.9 Å². The molecule has 0 amide bonds. The van der Waals surface area contributed by atoms with Gasteiger partial charge in [0, 0.05) is 23.8 Å². The second kappa shape index (κ2) is 5.70. The van der Waals surface area contributed by atoms with Crippen molar-refractivity contribution < 1.29 is 4.39 Å². The largest absolute Gasteiger partial charge is 0.380 e. The number of nitrogens with one attached hydrogen (secondary N) is 1. The van der Waals surface area contributed by atoms with Crippen molar-refractivity contribution in [3.05, 3.63) is 70.6 Å². The average molecular weight is 301 g/mol. The summed E-state index contributed by atoms with van der Waals surface area (Å²) in [5.74, 6) is -0.397. The highest BCUT2D eigenvalue weighted by molar-refractivity contribution is 6.30. The van der Waals surface area contributed by atoms with E-state index in [1.54, 1.807) is 12.3 Å². The number of rotatable bonds is 3. The Bertz CT molecular complexity index is 802. The van der Waals surface area contributed by atoms with Crippen molar-refractivity contribution >= 4 is 28.2 Å². The lowest BCUT2D eigenvalue weighted by Gasteiger charge is -2.11. The maximum absolute atomic E-state index is 13.4. The molecule has 0 aliphatic rings. The Hall–Kier alpha value is -2.13. The third-order valence-corrected chi connectivity index (χ3v) is 3.74. The highest BCUT2D eigenvalue weighted by Crippen LogP contribution is 2.25. The van der Waals surface area contributed by atoms with Crippen LogP contribution in [0, 0.1) is 12.7 Å². The summed E-state index contributed by atoms with van der Waals surface area (Å²) in [6, 6.07) is 12.8. The predicted octanol–water partition coefficient (Wildman–Crippen LogP) is 4.95. The average Bonchev–Trinajstić information content (AvgIpc) is 2.50. The Kier molecular flexibility index (Phi) is 3.76. The van der Waals surface area contributed by atoms with Gasteiger partial charge in [-0.05, 0) is 48.4 Å². The summed E-state index contributed by atoms with van der Waals surface area (Å²) >= 11 is 5.69. The summed E-state index contributed by atoms with van der Waals surface area (Å²) in [6.07, 6.45) is 1.79. The van der Waals surface area contributed by atoms with Gasteiger partial charge in [0.05, 0.1) is 10.5 Å². The normalized spacial score (nSPS) is 10.8. The Morgan fingerprint density at radius 2 is 2.05 bits per heavy atom. The predicted molar refractivity (Wildman–Crippen MR) is 85.2 cm³/mol. The lowest BCUT2D eigenvalue weighted by atomic mass is 10.1. The van der Waals surface area contributed by atoms with Crippen molar-refractivity contribution in [1.82, 2.24) is 4.98 Å². The fourth-order valence-corrected chi connectivity index (χ4v) is 2.43. The molecule has 0 aliphatic carbocycles. The number of aryl methyl sites for hydroxylation is 1. The Balaban J connectivity index is 1.88. The molecule has 1 heterocycles. The number of anilines is 1. The molecule has 1 N–H and O–H groups in total. The third-order valence-electron chi connectivity index (χ3n) is 3.44. The van der Waals surface area contributed by atoms with E-state index in [2.05, 4.69) is 10.3 Å². The zero-order valence-corrected chi connectivity index (χ0v) is 12.3. The van der Waals surface area contributed by atoms with Gasteiger partial charge in [-0.1, -0.05) is 23.7 Å². The minimum atomic E-state index is -0.397. The number of aromatic nitrogens is 1. The van der Waals surface area contributed by atoms with Crippen LogP contribution in [-0.4, -0.2) is 4.98 Å². The first-order valence-corrected chi connectivity index (χ1v) is 7.05. The van der Waals surface area contributed by atoms with E-state index in [0.29, 0.717) is 6.54 Å². The number of hydrogen-bond donors (Lipinski definition) is 1. The molecule has 4 heteroatoms. The van der Waals surface area contributed by atoms with E-state index in [9.17, 15) is 4.39 Å². The third kappa shape index (κ3) is 2.83. The SMILES string of the molecule is Cc1ccc(NCc2ccc(Cl)c(F)c2)c2cccnc12. The van der Waals surface area contributed by atoms with Gasteiger partial charge in [0.2, 0.25) is 0 Å². The molecular weight excluding hydrogens is 287 g/mol. The fraction of sp³-hybridized carbons (Fsp3) is 0.118. The zero-order valence-electron chi connectivity index (χ0n) is 11.5. The summed E-state index contributed by atoms with van der Waals surface area (Å²) in [4.78, 5) is 4.40. The number of pyridine rings is 1. The van der Waals surface area contributed by atoms with E-state index < -0.39 is 5.82 Å². The first-order chi connectivity index (χ1) is 10.1. The fourth-order valence-electron chi connectivity index (χ4n) is 2.31. The number of halogens is 2. The van der Waals surface area contributed by atoms with Crippen molar-refractivity contribution in [2.75, 3.05) is 5.32 Å². The Morgan fingerprint density at radius 3 is 2.86 bits per heavy atom. The summed E-state index contributed by atoms with van der Waals surface area (Å²) < 4.78 is 13.4. The van der Waals surface area contributed by atoms with Gasteiger partial charge in [-0.25, -0.2) is 4.39 Å². The number of nitrogens with zero attached hydrogens (tertiary/aromatic N) is 1. The summed E-state index contributed by atoms with van der Waals surface area (Å²) in [7, 11) is 0. The van der Waals surface area contributed by atoms with Crippen LogP contribution in [0.1, 0.15) is 11.1 Å². The summed E-state index contributed by atoms with van der Waals surface area (Å²) in [5.41, 5.74) is 3.94. The molecule has 21 heavy (non-hydrogen) atoms. The molecule has 0 fully saturated rings. The van der Waals surface area contributed by atoms with Gasteiger partial charge < -0.3 is 5.32 Å². The van der Waals surface area contributed by atoms with Gasteiger partial charge >= 0.3 is 0 Å². The van der Waals surface area contributed by atoms with Crippen molar-refractivity contribution in [3.63, 3.8) is 0 Å². The van der Waals surface area contributed by atoms with Crippen LogP contribution in [0.5, 0.6) is 0 Å². The lowest BCUT2D eigenvalue weighted by Crippen LogP contribution is -2.01. The van der Waals surface area contributed by atoms with Gasteiger partial charge in [-0.3, -0.25) is 4.98 Å². The first kappa shape index (κ1) is 13.8. The second-order valence-electron chi connectivity index (χ2n) is 4.93. The van der Waals surface area contributed by atoms with E-state index in [-0.39, 0.29) is 5.02 Å². The van der Waals surface area contributed by atoms with Gasteiger partial charge in [0.1, 0.15) is 5.82 Å². The molecule has 0 atom stereocenters. The van der Waals surface area contributed by atoms with Crippen LogP contribution in [0.4, 0.5) is 10.1 Å². The number of benzene rings is 2. The molecule has 3 rings (SSSR count). The molecule has 106 valence electrons. The molecule has 0 aliphatic heterocycles. The number of hydrogen-bond acceptors (Lipinski definition) is 2. The van der Waals surface area contributed by atoms with E-state index in [4.69, 9.17) is 11.6 Å². The van der Waals surface area contributed by atoms with Gasteiger partial charge in [0.15, 0.2) is 0 Å². The van der Waals surface area contributed by atoms with E-state index >= 15 is 0 Å². The number of fused-ring (bicyclic) bond motifs is 1. The van der Waals surface area contributed by atoms with E-state index in [1.165, 1.54) is 6.07 Å². The van der Waals surface area contributed by atoms with Gasteiger partial charge in [-0.15, -0.1) is 0 Å². The van der Waals surface area contributed by atoms with Crippen LogP contribution < -0.4 is 5.32 Å². The van der Waals surface area contributed by atoms with Crippen LogP contribution in [-0.2, 0) is 6.54 Å². The van der Waals surface area contributed by atoms with Crippen molar-refractivity contribution in [1.29, 1.82) is 0 Å². The highest BCUT2D eigenvalue weighted by atomic mass is 35.5. The minimum absolute atomic E-state index is 0.142. The van der Waals surface area contributed by atoms with Crippen LogP contribution >= 0.6 is 11.6 Å². The zero-order chi connectivity index (χ0) is 14.8. The smallest absolute Gasteiger partial charge is 0.142 e. The van der Waals surface area contributed by atoms with Gasteiger partial charge in [-0.2, -0.15) is 0 Å². The van der Waals surface area contributed by atoms with Crippen LogP contribution in [0.3, 0.4) is 0 Å². The van der Waals surface area contributed by atoms with E-state index in [0.717, 1.165) is 27.7 Å². The first-order valence-electron chi connectivity index (χ1n) is 6.67. The lowest BCUT2D eigenvalue weighted by molar-refractivity contribution is 0.626. The minimum Gasteiger partial charge on any atom is -0.380 e. The maximum Gasteiger partial charge on any atom is 0.142 e. The van der Waals surface area contributed by atoms with Crippen molar-refractivity contribution in [2.24, 2.45) is 0 Å². The molecule has 2 aromatic carbocycles. The molecular formula is C17H14ClFN2. The second-order valence-corrected chi connectivity index (χ2v) is 5.34. The summed E-state index contributed by atoms with van der Waals surface area (Å²) in [5, 5.41) is 4.53. The monoisotopic (exact) mass is 300 g/mol. The summed E-state index contributed by atoms with van der Waals surface area (Å²) in [6.45, 7) is 2.56. The molecule has 0 saturated heterocycles. The molecule has 0 saturated carbocycles. The molecule has 0 radical (unpaired) electrons.